The largest absolute Gasteiger partial charge is 0.486 e. The molecule has 27 rings (SSSR count). The average molecular weight is 2060 g/mol. The van der Waals surface area contributed by atoms with Gasteiger partial charge >= 0.3 is 0 Å². The molecule has 0 fully saturated rings. The predicted octanol–water partition coefficient (Wildman–Crippen LogP) is 19.9. The van der Waals surface area contributed by atoms with Crippen molar-refractivity contribution in [1.29, 1.82) is 0 Å². The van der Waals surface area contributed by atoms with E-state index in [0.717, 1.165) is 172 Å². The zero-order valence-corrected chi connectivity index (χ0v) is 83.0. The maximum atomic E-state index is 6.34. The first kappa shape index (κ1) is 94.4. The average Bonchev–Trinajstić information content (AvgIpc) is 1.63. The number of methoxy groups -OCH3 is 3. The Hall–Kier alpha value is -17.2. The Morgan fingerprint density at radius 3 is 1.06 bits per heavy atom. The zero-order chi connectivity index (χ0) is 100. The monoisotopic (exact) mass is 2060 g/mol. The van der Waals surface area contributed by atoms with Crippen LogP contribution in [0.25, 0.3) is 131 Å². The maximum absolute atomic E-state index is 6.34. The number of halogens is 5. The highest BCUT2D eigenvalue weighted by molar-refractivity contribution is 6.32. The lowest BCUT2D eigenvalue weighted by molar-refractivity contribution is 0.0994. The van der Waals surface area contributed by atoms with E-state index in [2.05, 4.69) is 136 Å². The van der Waals surface area contributed by atoms with Crippen LogP contribution >= 0.6 is 58.0 Å². The van der Waals surface area contributed by atoms with Gasteiger partial charge < -0.3 is 59.8 Å². The summed E-state index contributed by atoms with van der Waals surface area (Å²) in [7, 11) is 4.93. The summed E-state index contributed by atoms with van der Waals surface area (Å²) in [5.74, 6) is 22.3. The van der Waals surface area contributed by atoms with E-state index in [1.54, 1.807) is 65.3 Å². The van der Waals surface area contributed by atoms with Gasteiger partial charge in [-0.1, -0.05) is 168 Å². The Kier molecular flexibility index (Phi) is 26.5. The van der Waals surface area contributed by atoms with Crippen molar-refractivity contribution >= 4 is 69.1 Å². The minimum Gasteiger partial charge on any atom is -0.486 e. The molecule has 18 heterocycles. The summed E-state index contributed by atoms with van der Waals surface area (Å²) < 4.78 is 65.2. The Morgan fingerprint density at radius 1 is 0.331 bits per heavy atom. The van der Waals surface area contributed by atoms with Crippen molar-refractivity contribution in [3.8, 4) is 150 Å². The third-order valence-electron chi connectivity index (χ3n) is 25.1. The zero-order valence-electron chi connectivity index (χ0n) is 79.2. The molecule has 0 unspecified atom stereocenters. The summed E-state index contributed by atoms with van der Waals surface area (Å²) in [4.78, 5) is 36.1. The lowest BCUT2D eigenvalue weighted by atomic mass is 10.1. The van der Waals surface area contributed by atoms with Gasteiger partial charge in [-0.2, -0.15) is 0 Å². The second-order valence-corrected chi connectivity index (χ2v) is 36.3. The van der Waals surface area contributed by atoms with Gasteiger partial charge in [0, 0.05) is 87.1 Å². The van der Waals surface area contributed by atoms with Gasteiger partial charge in [-0.05, 0) is 138 Å². The highest BCUT2D eigenvalue weighted by Crippen LogP contribution is 2.44. The van der Waals surface area contributed by atoms with Gasteiger partial charge in [0.2, 0.25) is 17.7 Å². The summed E-state index contributed by atoms with van der Waals surface area (Å²) >= 11 is 31.5. The van der Waals surface area contributed by atoms with Crippen molar-refractivity contribution in [2.24, 2.45) is 0 Å². The Morgan fingerprint density at radius 2 is 0.676 bits per heavy atom. The van der Waals surface area contributed by atoms with Crippen LogP contribution in [0.1, 0.15) is 93.5 Å². The van der Waals surface area contributed by atoms with Crippen molar-refractivity contribution in [2.45, 2.75) is 92.1 Å². The topological polar surface area (TPSA) is 367 Å². The molecular weight excluding hydrogens is 1980 g/mol. The molecule has 5 aliphatic rings. The van der Waals surface area contributed by atoms with Gasteiger partial charge in [0.15, 0.2) is 63.8 Å². The van der Waals surface area contributed by atoms with Crippen LogP contribution in [0.2, 0.25) is 25.1 Å². The number of para-hydroxylation sites is 3. The van der Waals surface area contributed by atoms with Crippen molar-refractivity contribution < 1.29 is 36.9 Å². The molecule has 732 valence electrons. The van der Waals surface area contributed by atoms with E-state index in [1.807, 2.05) is 244 Å². The van der Waals surface area contributed by atoms with Crippen molar-refractivity contribution in [2.75, 3.05) is 21.3 Å². The number of fused-ring (bicyclic) bond motifs is 26. The van der Waals surface area contributed by atoms with Gasteiger partial charge in [0.1, 0.15) is 117 Å². The van der Waals surface area contributed by atoms with Crippen LogP contribution < -0.4 is 4.74 Å². The number of aromatic nitrogens is 28. The summed E-state index contributed by atoms with van der Waals surface area (Å²) in [5.41, 5.74) is 21.1. The molecule has 0 saturated carbocycles. The molecule has 0 atom stereocenters. The number of hydrogen-bond acceptors (Lipinski definition) is 26. The second-order valence-electron chi connectivity index (χ2n) is 34.1. The quantitative estimate of drug-likeness (QED) is 0.0764. The fraction of sp³-hybridized carbons (Fsp3) is 0.159. The molecule has 41 heteroatoms. The molecule has 0 radical (unpaired) electrons. The van der Waals surface area contributed by atoms with Crippen molar-refractivity contribution in [3.05, 3.63) is 368 Å². The highest BCUT2D eigenvalue weighted by Gasteiger charge is 2.35. The van der Waals surface area contributed by atoms with Gasteiger partial charge in [0.05, 0.1) is 109 Å². The fourth-order valence-electron chi connectivity index (χ4n) is 18.2. The first-order valence-corrected chi connectivity index (χ1v) is 48.5. The van der Waals surface area contributed by atoms with Crippen LogP contribution in [0, 0.1) is 23.7 Å². The molecule has 148 heavy (non-hydrogen) atoms. The Balaban J connectivity index is 0.000000102. The Bertz CT molecular complexity index is 8780. The van der Waals surface area contributed by atoms with E-state index < -0.39 is 0 Å². The van der Waals surface area contributed by atoms with E-state index in [9.17, 15) is 0 Å². The molecule has 5 aliphatic heterocycles. The summed E-state index contributed by atoms with van der Waals surface area (Å²) in [6.45, 7) is 6.75. The lowest BCUT2D eigenvalue weighted by Gasteiger charge is -2.10. The smallest absolute Gasteiger partial charge is 0.248 e. The first-order chi connectivity index (χ1) is 72.7. The molecule has 0 amide bonds. The lowest BCUT2D eigenvalue weighted by Crippen LogP contribution is -2.10. The van der Waals surface area contributed by atoms with Crippen LogP contribution in [0.3, 0.4) is 0 Å². The number of rotatable bonds is 17. The van der Waals surface area contributed by atoms with Crippen LogP contribution in [0.15, 0.2) is 276 Å². The predicted molar refractivity (Wildman–Crippen MR) is 549 cm³/mol. The third-order valence-corrected chi connectivity index (χ3v) is 26.2. The third kappa shape index (κ3) is 18.6. The van der Waals surface area contributed by atoms with Crippen LogP contribution in [-0.2, 0) is 97.7 Å². The normalized spacial score (nSPS) is 12.0. The van der Waals surface area contributed by atoms with Gasteiger partial charge in [-0.25, -0.2) is 39.9 Å². The van der Waals surface area contributed by atoms with E-state index in [0.29, 0.717) is 144 Å². The summed E-state index contributed by atoms with van der Waals surface area (Å²) in [6.07, 6.45) is 16.7. The van der Waals surface area contributed by atoms with E-state index in [4.69, 9.17) is 94.9 Å². The number of nitrogens with zero attached hydrogens (tertiary/aromatic N) is 28. The molecule has 0 bridgehead atoms. The van der Waals surface area contributed by atoms with Crippen molar-refractivity contribution in [3.63, 3.8) is 0 Å². The SMILES string of the molecule is CCC#Cc1ncn2c1Cn1c(COC)nnc1-c1cc(Cl)ccc1-2.COCc1nnc2n1Cc1c(-c3nc4ccccc4o3)ncn1-c1ccc(Cl)cc1-2.COCc1nnc2n1Cc1c(C#CCc3ccccc3)ncn1-c1ccc(Cl)cc1-2.Clc1ccc2c(c1)-c1nnc(COCc3ccccc3)n1Cc1c(-c3ncco3)ncn1-2.Clc1ccc2c(c1)-c1nnc(COc3ccccc3)n1Cc1c(-c3ncco3)ncn1-2. The van der Waals surface area contributed by atoms with Gasteiger partial charge in [0.25, 0.3) is 0 Å². The number of ether oxygens (including phenoxy) is 5. The van der Waals surface area contributed by atoms with E-state index in [1.165, 1.54) is 11.8 Å². The molecule has 13 aromatic heterocycles. The van der Waals surface area contributed by atoms with Crippen LogP contribution in [-0.4, -0.2) is 158 Å². The number of oxazole rings is 3. The van der Waals surface area contributed by atoms with Gasteiger partial charge in [-0.15, -0.1) is 51.0 Å². The molecule has 9 aromatic carbocycles. The standard InChI is InChI=1S/C23H17ClN6O2.C23H18ClN5O.C22H15ClN6O2.C21H15ClN6O2.C18H16ClN5O/c24-16-6-7-18-17(10-16)22-28-27-20(13-31-12-15-4-2-1-3-5-15)29(22)11-19-21(26-14-30(18)19)23-25-8-9-32-23;1-30-14-22-26-27-23-18-12-17(24)10-11-20(18)29-15-25-19(21(29)13-28(22)23)9-5-8-16-6-3-2-4-7-16;23-14-6-7-17-16(10-14)21-27-26-19(12-31-15-4-2-1-3-5-15)28(21)11-18-20(25-13-29(17)18)22-24-8-9-30-22;1-29-10-18-25-26-20-13-8-12(22)6-7-15(13)28-11-23-19(16(28)9-27(18)20)21-24-14-4-2-3-5-17(14)30-21;1-3-4-5-14-16-9-23-17(10-25-2)21-22-18(23)13-8-12(19)6-7-15(13)24(16)11-20-14/h1-10,14H,11-13H2;2-4,6-7,10-12,15H,8,13-14H2,1H3;1-10,13H,11-12H2;2-8,11H,9-10H2,1H3;6-8,11H,3,9-10H2,1-2H3. The van der Waals surface area contributed by atoms with Crippen molar-refractivity contribution in [1.82, 2.24) is 137 Å². The number of benzene rings is 9. The van der Waals surface area contributed by atoms with E-state index >= 15 is 0 Å². The maximum Gasteiger partial charge on any atom is 0.248 e. The minimum atomic E-state index is 0.273. The molecular formula is C107H81Cl5N28O8. The summed E-state index contributed by atoms with van der Waals surface area (Å²) in [6, 6.07) is 66.1. The van der Waals surface area contributed by atoms with Gasteiger partial charge in [-0.3, -0.25) is 22.8 Å². The molecule has 0 aliphatic carbocycles. The number of imidazole rings is 5. The fourth-order valence-corrected chi connectivity index (χ4v) is 19.1. The summed E-state index contributed by atoms with van der Waals surface area (Å²) in [5, 5.41) is 47.1. The number of hydrogen-bond donors (Lipinski definition) is 0. The molecule has 0 saturated heterocycles. The molecule has 0 spiro atoms. The molecule has 22 aromatic rings. The van der Waals surface area contributed by atoms with Crippen LogP contribution in [0.4, 0.5) is 0 Å². The van der Waals surface area contributed by atoms with Crippen LogP contribution in [0.5, 0.6) is 5.75 Å². The van der Waals surface area contributed by atoms with E-state index in [-0.39, 0.29) is 6.61 Å². The molecule has 0 N–H and O–H groups in total. The highest BCUT2D eigenvalue weighted by atomic mass is 35.5. The Labute approximate surface area is 867 Å². The molecule has 36 nitrogen and oxygen atoms in total. The minimum absolute atomic E-state index is 0.273. The first-order valence-electron chi connectivity index (χ1n) is 46.6. The second kappa shape index (κ2) is 41.5.